The van der Waals surface area contributed by atoms with Gasteiger partial charge in [-0.1, -0.05) is 77.1 Å². The first-order chi connectivity index (χ1) is 19.4. The molecular weight excluding hydrogens is 538 g/mol. The predicted octanol–water partition coefficient (Wildman–Crippen LogP) is 6.27. The van der Waals surface area contributed by atoms with E-state index in [0.717, 1.165) is 11.1 Å². The van der Waals surface area contributed by atoms with Crippen LogP contribution in [-0.2, 0) is 22.3 Å². The van der Waals surface area contributed by atoms with Gasteiger partial charge in [0, 0.05) is 17.1 Å². The first kappa shape index (κ1) is 28.4. The van der Waals surface area contributed by atoms with Gasteiger partial charge in [-0.3, -0.25) is 9.36 Å². The Labute approximate surface area is 243 Å². The summed E-state index contributed by atoms with van der Waals surface area (Å²) in [5, 5.41) is 36.5. The predicted molar refractivity (Wildman–Crippen MR) is 157 cm³/mol. The van der Waals surface area contributed by atoms with Gasteiger partial charge in [-0.2, -0.15) is 0 Å². The quantitative estimate of drug-likeness (QED) is 0.240. The molecule has 0 spiro atoms. The molecule has 0 fully saturated rings. The van der Waals surface area contributed by atoms with Gasteiger partial charge in [0.2, 0.25) is 5.88 Å². The maximum atomic E-state index is 14.4. The Bertz CT molecular complexity index is 1570. The van der Waals surface area contributed by atoms with E-state index in [0.29, 0.717) is 10.6 Å². The molecule has 5 rings (SSSR count). The number of carboxylic acids is 1. The van der Waals surface area contributed by atoms with Gasteiger partial charge in [0.15, 0.2) is 11.4 Å². The number of carbonyl (C=O) groups is 2. The number of aliphatic carboxylic acids is 1. The van der Waals surface area contributed by atoms with Crippen LogP contribution in [0.3, 0.4) is 0 Å². The maximum absolute atomic E-state index is 14.4. The van der Waals surface area contributed by atoms with E-state index in [1.165, 1.54) is 20.8 Å². The zero-order valence-corrected chi connectivity index (χ0v) is 24.6. The molecule has 1 amide bonds. The van der Waals surface area contributed by atoms with Crippen molar-refractivity contribution in [1.82, 2.24) is 14.5 Å². The molecule has 0 unspecified atom stereocenters. The summed E-state index contributed by atoms with van der Waals surface area (Å²) >= 11 is 1.27. The van der Waals surface area contributed by atoms with Crippen molar-refractivity contribution in [2.24, 2.45) is 5.92 Å². The lowest BCUT2D eigenvalue weighted by Gasteiger charge is -2.39. The average molecular weight is 574 g/mol. The Hall–Kier alpha value is -4.11. The Morgan fingerprint density at radius 3 is 2.22 bits per heavy atom. The average Bonchev–Trinajstić information content (AvgIpc) is 3.61. The van der Waals surface area contributed by atoms with Gasteiger partial charge in [-0.15, -0.1) is 11.3 Å². The van der Waals surface area contributed by atoms with Gasteiger partial charge < -0.3 is 20.2 Å². The molecule has 0 bridgehead atoms. The van der Waals surface area contributed by atoms with Crippen molar-refractivity contribution in [2.45, 2.75) is 64.6 Å². The van der Waals surface area contributed by atoms with Crippen LogP contribution in [0.15, 0.2) is 66.2 Å². The second-order valence-electron chi connectivity index (χ2n) is 12.0. The molecule has 3 N–H and O–H groups in total. The molecule has 41 heavy (non-hydrogen) atoms. The van der Waals surface area contributed by atoms with Crippen LogP contribution < -0.4 is 0 Å². The van der Waals surface area contributed by atoms with Gasteiger partial charge in [0.05, 0.1) is 17.7 Å². The summed E-state index contributed by atoms with van der Waals surface area (Å²) in [6, 6.07) is 15.4. The van der Waals surface area contributed by atoms with Crippen molar-refractivity contribution in [1.29, 1.82) is 0 Å². The smallest absolute Gasteiger partial charge is 0.334 e. The first-order valence-corrected chi connectivity index (χ1v) is 14.5. The highest BCUT2D eigenvalue weighted by molar-refractivity contribution is 7.09. The number of aromatic hydroxyl groups is 2. The molecule has 1 aliphatic heterocycles. The van der Waals surface area contributed by atoms with Crippen LogP contribution in [0.2, 0.25) is 0 Å². The molecule has 0 radical (unpaired) electrons. The van der Waals surface area contributed by atoms with Crippen molar-refractivity contribution in [3.63, 3.8) is 0 Å². The van der Waals surface area contributed by atoms with E-state index in [4.69, 9.17) is 0 Å². The number of amides is 1. The number of carbonyl (C=O) groups excluding carboxylic acids is 1. The van der Waals surface area contributed by atoms with Gasteiger partial charge in [-0.05, 0) is 41.0 Å². The number of nitrogens with zero attached hydrogens (tertiary/aromatic N) is 3. The van der Waals surface area contributed by atoms with E-state index < -0.39 is 23.5 Å². The van der Waals surface area contributed by atoms with Crippen LogP contribution in [0, 0.1) is 5.92 Å². The summed E-state index contributed by atoms with van der Waals surface area (Å²) < 4.78 is 1.32. The lowest BCUT2D eigenvalue weighted by Crippen LogP contribution is -2.53. The third-order valence-corrected chi connectivity index (χ3v) is 8.57. The van der Waals surface area contributed by atoms with E-state index in [-0.39, 0.29) is 47.2 Å². The molecule has 8 nitrogen and oxygen atoms in total. The second kappa shape index (κ2) is 10.4. The van der Waals surface area contributed by atoms with E-state index >= 15 is 0 Å². The molecule has 2 aromatic heterocycles. The van der Waals surface area contributed by atoms with E-state index in [2.05, 4.69) is 25.8 Å². The Morgan fingerprint density at radius 2 is 1.68 bits per heavy atom. The van der Waals surface area contributed by atoms with Crippen LogP contribution >= 0.6 is 11.3 Å². The van der Waals surface area contributed by atoms with E-state index in [1.807, 2.05) is 56.3 Å². The number of fused-ring (bicyclic) bond motifs is 1. The lowest BCUT2D eigenvalue weighted by atomic mass is 9.82. The number of thiazole rings is 1. The van der Waals surface area contributed by atoms with Gasteiger partial charge >= 0.3 is 5.97 Å². The normalized spacial score (nSPS) is 18.6. The summed E-state index contributed by atoms with van der Waals surface area (Å²) in [5.74, 6) is -2.62. The summed E-state index contributed by atoms with van der Waals surface area (Å²) in [7, 11) is 0. The highest BCUT2D eigenvalue weighted by Gasteiger charge is 2.63. The molecule has 1 aliphatic rings. The monoisotopic (exact) mass is 573 g/mol. The number of hydrogen-bond donors (Lipinski definition) is 3. The van der Waals surface area contributed by atoms with Gasteiger partial charge in [0.1, 0.15) is 11.0 Å². The van der Waals surface area contributed by atoms with Crippen LogP contribution in [0.1, 0.15) is 84.7 Å². The highest BCUT2D eigenvalue weighted by atomic mass is 32.1. The minimum atomic E-state index is -1.96. The molecule has 0 aliphatic carbocycles. The lowest BCUT2D eigenvalue weighted by molar-refractivity contribution is -0.152. The molecule has 2 atom stereocenters. The van der Waals surface area contributed by atoms with Crippen LogP contribution in [0.25, 0.3) is 0 Å². The molecule has 2 aromatic carbocycles. The standard InChI is InChI=1S/C32H35N3O5S/c1-19(2)17-32(30(39)40)24-23(28(37)34(29(24)38)18-20-9-7-6-8-10-20)25(26-33-15-16-41-26)35(32)27(36)21-11-13-22(14-12-21)31(3,4)5/h6-16,19,25,37-38H,17-18H2,1-5H3,(H,39,40)/t25-,32+/m1/s1. The Balaban J connectivity index is 1.76. The number of rotatable bonds is 7. The summed E-state index contributed by atoms with van der Waals surface area (Å²) in [5.41, 5.74) is 0.303. The van der Waals surface area contributed by atoms with Crippen molar-refractivity contribution in [3.05, 3.63) is 99.0 Å². The molecule has 0 saturated carbocycles. The molecule has 214 valence electrons. The van der Waals surface area contributed by atoms with Crippen molar-refractivity contribution >= 4 is 23.2 Å². The largest absolute Gasteiger partial charge is 0.494 e. The Kier molecular flexibility index (Phi) is 7.19. The molecular formula is C32H35N3O5S. The minimum Gasteiger partial charge on any atom is -0.494 e. The minimum absolute atomic E-state index is 0.0192. The fourth-order valence-electron chi connectivity index (χ4n) is 5.90. The summed E-state index contributed by atoms with van der Waals surface area (Å²) in [6.45, 7) is 10.1. The van der Waals surface area contributed by atoms with Crippen molar-refractivity contribution in [2.75, 3.05) is 0 Å². The SMILES string of the molecule is CC(C)C[C@@]1(C(=O)O)c2c(c(O)n(Cc3ccccc3)c2O)[C@H](c2nccs2)N1C(=O)c1ccc(C(C)(C)C)cc1. The fraction of sp³-hybridized carbons (Fsp3) is 0.344. The van der Waals surface area contributed by atoms with Gasteiger partial charge in [0.25, 0.3) is 5.91 Å². The molecule has 0 saturated heterocycles. The topological polar surface area (TPSA) is 116 Å². The number of hydrogen-bond acceptors (Lipinski definition) is 6. The number of aromatic nitrogens is 2. The second-order valence-corrected chi connectivity index (χ2v) is 13.0. The Morgan fingerprint density at radius 1 is 1.02 bits per heavy atom. The third kappa shape index (κ3) is 4.68. The highest BCUT2D eigenvalue weighted by Crippen LogP contribution is 2.59. The molecule has 3 heterocycles. The van der Waals surface area contributed by atoms with Crippen LogP contribution in [0.5, 0.6) is 11.8 Å². The summed E-state index contributed by atoms with van der Waals surface area (Å²) in [4.78, 5) is 33.7. The van der Waals surface area contributed by atoms with Gasteiger partial charge in [-0.25, -0.2) is 9.78 Å². The van der Waals surface area contributed by atoms with Crippen molar-refractivity contribution in [3.8, 4) is 11.8 Å². The van der Waals surface area contributed by atoms with Crippen molar-refractivity contribution < 1.29 is 24.9 Å². The zero-order chi connectivity index (χ0) is 29.7. The fourth-order valence-corrected chi connectivity index (χ4v) is 6.63. The third-order valence-electron chi connectivity index (χ3n) is 7.74. The molecule has 4 aromatic rings. The first-order valence-electron chi connectivity index (χ1n) is 13.6. The zero-order valence-electron chi connectivity index (χ0n) is 23.8. The van der Waals surface area contributed by atoms with Crippen LogP contribution in [0.4, 0.5) is 0 Å². The van der Waals surface area contributed by atoms with E-state index in [9.17, 15) is 24.9 Å². The molecule has 9 heteroatoms. The number of carboxylic acid groups (broad SMARTS) is 1. The number of benzene rings is 2. The van der Waals surface area contributed by atoms with E-state index in [1.54, 1.807) is 23.7 Å². The summed E-state index contributed by atoms with van der Waals surface area (Å²) in [6.07, 6.45) is 1.60. The maximum Gasteiger partial charge on any atom is 0.334 e. The van der Waals surface area contributed by atoms with Crippen LogP contribution in [-0.4, -0.2) is 41.6 Å².